The van der Waals surface area contributed by atoms with Crippen molar-refractivity contribution in [1.82, 2.24) is 4.90 Å². The van der Waals surface area contributed by atoms with Crippen molar-refractivity contribution < 1.29 is 9.53 Å². The second kappa shape index (κ2) is 8.50. The number of rotatable bonds is 6. The molecule has 2 N–H and O–H groups in total. The smallest absolute Gasteiger partial charge is 0.410 e. The van der Waals surface area contributed by atoms with E-state index in [9.17, 15) is 4.79 Å². The van der Waals surface area contributed by atoms with Gasteiger partial charge in [-0.2, -0.15) is 0 Å². The lowest BCUT2D eigenvalue weighted by molar-refractivity contribution is 0.0382. The zero-order chi connectivity index (χ0) is 15.0. The van der Waals surface area contributed by atoms with Gasteiger partial charge in [0.2, 0.25) is 0 Å². The lowest BCUT2D eigenvalue weighted by atomic mass is 9.88. The minimum Gasteiger partial charge on any atom is -0.449 e. The third-order valence-corrected chi connectivity index (χ3v) is 4.19. The SMILES string of the molecule is CCCN(C(=O)OCC(C)C)C1(CN)CCCCCC1. The van der Waals surface area contributed by atoms with E-state index in [1.807, 2.05) is 4.90 Å². The van der Waals surface area contributed by atoms with E-state index in [0.717, 1.165) is 38.6 Å². The second-order valence-corrected chi connectivity index (χ2v) is 6.47. The van der Waals surface area contributed by atoms with Crippen molar-refractivity contribution in [3.8, 4) is 0 Å². The molecule has 1 fully saturated rings. The van der Waals surface area contributed by atoms with Crippen molar-refractivity contribution in [3.05, 3.63) is 0 Å². The summed E-state index contributed by atoms with van der Waals surface area (Å²) in [5.74, 6) is 0.366. The van der Waals surface area contributed by atoms with Crippen LogP contribution in [-0.2, 0) is 4.74 Å². The van der Waals surface area contributed by atoms with Crippen LogP contribution in [0, 0.1) is 5.92 Å². The van der Waals surface area contributed by atoms with Gasteiger partial charge in [-0.15, -0.1) is 0 Å². The highest BCUT2D eigenvalue weighted by Crippen LogP contribution is 2.32. The topological polar surface area (TPSA) is 55.6 Å². The maximum absolute atomic E-state index is 12.5. The number of hydrogen-bond acceptors (Lipinski definition) is 3. The van der Waals surface area contributed by atoms with Gasteiger partial charge in [-0.25, -0.2) is 4.79 Å². The van der Waals surface area contributed by atoms with Crippen LogP contribution < -0.4 is 5.73 Å². The van der Waals surface area contributed by atoms with Crippen LogP contribution in [0.3, 0.4) is 0 Å². The Balaban J connectivity index is 2.81. The largest absolute Gasteiger partial charge is 0.449 e. The molecule has 0 aromatic rings. The first kappa shape index (κ1) is 17.3. The van der Waals surface area contributed by atoms with Gasteiger partial charge >= 0.3 is 6.09 Å². The number of hydrogen-bond donors (Lipinski definition) is 1. The highest BCUT2D eigenvalue weighted by molar-refractivity contribution is 5.68. The van der Waals surface area contributed by atoms with Gasteiger partial charge in [-0.3, -0.25) is 0 Å². The van der Waals surface area contributed by atoms with E-state index >= 15 is 0 Å². The molecule has 0 aromatic carbocycles. The number of ether oxygens (including phenoxy) is 1. The summed E-state index contributed by atoms with van der Waals surface area (Å²) < 4.78 is 5.47. The van der Waals surface area contributed by atoms with E-state index in [4.69, 9.17) is 10.5 Å². The van der Waals surface area contributed by atoms with Gasteiger partial charge in [-0.1, -0.05) is 46.5 Å². The molecule has 0 aliphatic heterocycles. The number of carbonyl (C=O) groups is 1. The summed E-state index contributed by atoms with van der Waals surface area (Å²) in [6.07, 6.45) is 7.63. The van der Waals surface area contributed by atoms with Crippen LogP contribution in [0.2, 0.25) is 0 Å². The van der Waals surface area contributed by atoms with Crippen molar-refractivity contribution in [2.24, 2.45) is 11.7 Å². The zero-order valence-corrected chi connectivity index (χ0v) is 13.5. The highest BCUT2D eigenvalue weighted by Gasteiger charge is 2.39. The number of carbonyl (C=O) groups excluding carboxylic acids is 1. The summed E-state index contributed by atoms with van der Waals surface area (Å²) in [7, 11) is 0. The van der Waals surface area contributed by atoms with Gasteiger partial charge in [0.15, 0.2) is 0 Å². The molecule has 1 aliphatic carbocycles. The summed E-state index contributed by atoms with van der Waals surface area (Å²) >= 11 is 0. The first-order chi connectivity index (χ1) is 9.55. The molecule has 118 valence electrons. The van der Waals surface area contributed by atoms with Crippen LogP contribution in [0.5, 0.6) is 0 Å². The molecule has 0 aromatic heterocycles. The lowest BCUT2D eigenvalue weighted by Crippen LogP contribution is -2.56. The molecule has 1 rings (SSSR count). The van der Waals surface area contributed by atoms with Gasteiger partial charge in [0.05, 0.1) is 12.1 Å². The molecule has 1 saturated carbocycles. The van der Waals surface area contributed by atoms with Crippen molar-refractivity contribution in [1.29, 1.82) is 0 Å². The molecule has 20 heavy (non-hydrogen) atoms. The minimum absolute atomic E-state index is 0.173. The molecule has 0 heterocycles. The first-order valence-corrected chi connectivity index (χ1v) is 8.20. The van der Waals surface area contributed by atoms with E-state index in [0.29, 0.717) is 19.1 Å². The van der Waals surface area contributed by atoms with E-state index < -0.39 is 0 Å². The fraction of sp³-hybridized carbons (Fsp3) is 0.938. The van der Waals surface area contributed by atoms with Crippen LogP contribution in [0.1, 0.15) is 65.7 Å². The Morgan fingerprint density at radius 2 is 1.85 bits per heavy atom. The van der Waals surface area contributed by atoms with Crippen molar-refractivity contribution in [2.45, 2.75) is 71.3 Å². The Hall–Kier alpha value is -0.770. The van der Waals surface area contributed by atoms with Crippen LogP contribution in [-0.4, -0.2) is 36.2 Å². The van der Waals surface area contributed by atoms with Gasteiger partial charge in [0.1, 0.15) is 0 Å². The fourth-order valence-electron chi connectivity index (χ4n) is 3.03. The quantitative estimate of drug-likeness (QED) is 0.759. The molecule has 0 bridgehead atoms. The molecule has 4 heteroatoms. The summed E-state index contributed by atoms with van der Waals surface area (Å²) in [5.41, 5.74) is 5.90. The second-order valence-electron chi connectivity index (χ2n) is 6.47. The Labute approximate surface area is 124 Å². The fourth-order valence-corrected chi connectivity index (χ4v) is 3.03. The zero-order valence-electron chi connectivity index (χ0n) is 13.5. The Kier molecular flexibility index (Phi) is 7.35. The van der Waals surface area contributed by atoms with E-state index in [-0.39, 0.29) is 11.6 Å². The maximum atomic E-state index is 12.5. The van der Waals surface area contributed by atoms with Crippen LogP contribution in [0.25, 0.3) is 0 Å². The Morgan fingerprint density at radius 1 is 1.25 bits per heavy atom. The Bertz CT molecular complexity index is 284. The molecular weight excluding hydrogens is 252 g/mol. The van der Waals surface area contributed by atoms with Crippen molar-refractivity contribution in [2.75, 3.05) is 19.7 Å². The summed E-state index contributed by atoms with van der Waals surface area (Å²) in [6.45, 7) is 7.99. The third-order valence-electron chi connectivity index (χ3n) is 4.19. The third kappa shape index (κ3) is 4.65. The van der Waals surface area contributed by atoms with Gasteiger partial charge in [0, 0.05) is 13.1 Å². The van der Waals surface area contributed by atoms with Crippen LogP contribution >= 0.6 is 0 Å². The molecule has 0 saturated heterocycles. The predicted molar refractivity (Wildman–Crippen MR) is 82.7 cm³/mol. The average Bonchev–Trinajstić information content (AvgIpc) is 2.68. The van der Waals surface area contributed by atoms with E-state index in [1.165, 1.54) is 12.8 Å². The molecule has 1 aliphatic rings. The average molecular weight is 284 g/mol. The Morgan fingerprint density at radius 3 is 2.30 bits per heavy atom. The summed E-state index contributed by atoms with van der Waals surface area (Å²) in [6, 6.07) is 0. The highest BCUT2D eigenvalue weighted by atomic mass is 16.6. The number of amides is 1. The summed E-state index contributed by atoms with van der Waals surface area (Å²) in [4.78, 5) is 14.4. The number of nitrogens with two attached hydrogens (primary N) is 1. The van der Waals surface area contributed by atoms with Gasteiger partial charge < -0.3 is 15.4 Å². The molecule has 0 radical (unpaired) electrons. The maximum Gasteiger partial charge on any atom is 0.410 e. The lowest BCUT2D eigenvalue weighted by Gasteiger charge is -2.42. The molecule has 1 amide bonds. The first-order valence-electron chi connectivity index (χ1n) is 8.20. The summed E-state index contributed by atoms with van der Waals surface area (Å²) in [5, 5.41) is 0. The predicted octanol–water partition coefficient (Wildman–Crippen LogP) is 3.54. The van der Waals surface area contributed by atoms with Crippen LogP contribution in [0.4, 0.5) is 4.79 Å². The molecule has 0 unspecified atom stereocenters. The molecule has 0 atom stereocenters. The van der Waals surface area contributed by atoms with Crippen LogP contribution in [0.15, 0.2) is 0 Å². The van der Waals surface area contributed by atoms with E-state index in [2.05, 4.69) is 20.8 Å². The van der Waals surface area contributed by atoms with Crippen molar-refractivity contribution >= 4 is 6.09 Å². The monoisotopic (exact) mass is 284 g/mol. The molecule has 0 spiro atoms. The normalized spacial score (nSPS) is 18.6. The molecule has 4 nitrogen and oxygen atoms in total. The minimum atomic E-state index is -0.180. The number of nitrogens with zero attached hydrogens (tertiary/aromatic N) is 1. The van der Waals surface area contributed by atoms with E-state index in [1.54, 1.807) is 0 Å². The van der Waals surface area contributed by atoms with Gasteiger partial charge in [0.25, 0.3) is 0 Å². The van der Waals surface area contributed by atoms with Crippen molar-refractivity contribution in [3.63, 3.8) is 0 Å². The molecular formula is C16H32N2O2. The van der Waals surface area contributed by atoms with Gasteiger partial charge in [-0.05, 0) is 25.2 Å². The standard InChI is InChI=1S/C16H32N2O2/c1-4-11-18(15(19)20-12-14(2)3)16(13-17)9-7-5-6-8-10-16/h14H,4-13,17H2,1-3H3.